The van der Waals surface area contributed by atoms with Gasteiger partial charge in [-0.2, -0.15) is 0 Å². The van der Waals surface area contributed by atoms with Crippen molar-refractivity contribution in [1.29, 1.82) is 0 Å². The molecule has 2 atom stereocenters. The summed E-state index contributed by atoms with van der Waals surface area (Å²) in [6, 6.07) is 9.77. The molecule has 20 heavy (non-hydrogen) atoms. The minimum Gasteiger partial charge on any atom is -0.314 e. The number of rotatable bonds is 8. The molecule has 1 aliphatic rings. The zero-order chi connectivity index (χ0) is 14.2. The zero-order valence-electron chi connectivity index (χ0n) is 13.3. The van der Waals surface area contributed by atoms with Gasteiger partial charge in [0.2, 0.25) is 0 Å². The smallest absolute Gasteiger partial charge is 0.00986 e. The monoisotopic (exact) mass is 273 g/mol. The molecule has 1 N–H and O–H groups in total. The highest BCUT2D eigenvalue weighted by molar-refractivity contribution is 5.30. The van der Waals surface area contributed by atoms with Crippen molar-refractivity contribution >= 4 is 0 Å². The zero-order valence-corrected chi connectivity index (χ0v) is 13.3. The van der Waals surface area contributed by atoms with E-state index in [-0.39, 0.29) is 0 Å². The molecule has 1 aromatic rings. The molecule has 0 aliphatic heterocycles. The van der Waals surface area contributed by atoms with Crippen LogP contribution in [0.15, 0.2) is 24.3 Å². The van der Waals surface area contributed by atoms with Gasteiger partial charge >= 0.3 is 0 Å². The van der Waals surface area contributed by atoms with Crippen molar-refractivity contribution in [2.24, 2.45) is 5.92 Å². The molecule has 0 heterocycles. The second-order valence-electron chi connectivity index (χ2n) is 6.33. The maximum Gasteiger partial charge on any atom is 0.00986 e. The normalized spacial score (nSPS) is 19.6. The number of unbranched alkanes of at least 4 members (excludes halogenated alkanes) is 2. The van der Waals surface area contributed by atoms with Gasteiger partial charge in [-0.25, -0.2) is 0 Å². The van der Waals surface area contributed by atoms with E-state index >= 15 is 0 Å². The Bertz CT molecular complexity index is 385. The average molecular weight is 273 g/mol. The first kappa shape index (κ1) is 15.6. The molecular weight excluding hydrogens is 242 g/mol. The van der Waals surface area contributed by atoms with Crippen LogP contribution in [0.1, 0.15) is 63.5 Å². The van der Waals surface area contributed by atoms with E-state index in [1.165, 1.54) is 57.9 Å². The molecule has 0 saturated carbocycles. The van der Waals surface area contributed by atoms with Crippen LogP contribution in [0.3, 0.4) is 0 Å². The van der Waals surface area contributed by atoms with E-state index in [9.17, 15) is 0 Å². The Kier molecular flexibility index (Phi) is 6.59. The fourth-order valence-corrected chi connectivity index (χ4v) is 3.52. The molecule has 0 saturated heterocycles. The summed E-state index contributed by atoms with van der Waals surface area (Å²) in [6.45, 7) is 5.74. The van der Waals surface area contributed by atoms with E-state index < -0.39 is 0 Å². The van der Waals surface area contributed by atoms with E-state index in [0.29, 0.717) is 0 Å². The maximum absolute atomic E-state index is 3.83. The maximum atomic E-state index is 3.83. The Hall–Kier alpha value is -0.820. The van der Waals surface area contributed by atoms with Gasteiger partial charge in [0.15, 0.2) is 0 Å². The van der Waals surface area contributed by atoms with Crippen LogP contribution in [-0.2, 0) is 12.8 Å². The van der Waals surface area contributed by atoms with Crippen LogP contribution in [0.4, 0.5) is 0 Å². The highest BCUT2D eigenvalue weighted by atomic mass is 14.9. The van der Waals surface area contributed by atoms with Crippen molar-refractivity contribution in [2.75, 3.05) is 6.54 Å². The number of hydrogen-bond acceptors (Lipinski definition) is 1. The van der Waals surface area contributed by atoms with Gasteiger partial charge in [0, 0.05) is 6.04 Å². The van der Waals surface area contributed by atoms with Gasteiger partial charge in [0.25, 0.3) is 0 Å². The molecule has 0 spiro atoms. The Morgan fingerprint density at radius 2 is 1.90 bits per heavy atom. The first-order valence-electron chi connectivity index (χ1n) is 8.65. The van der Waals surface area contributed by atoms with Crippen LogP contribution in [0, 0.1) is 5.92 Å². The van der Waals surface area contributed by atoms with Crippen LogP contribution in [-0.4, -0.2) is 12.6 Å². The second kappa shape index (κ2) is 8.46. The lowest BCUT2D eigenvalue weighted by molar-refractivity contribution is 0.298. The van der Waals surface area contributed by atoms with Gasteiger partial charge in [-0.15, -0.1) is 0 Å². The summed E-state index contributed by atoms with van der Waals surface area (Å²) in [5.74, 6) is 0.841. The Labute approximate surface area is 125 Å². The van der Waals surface area contributed by atoms with Gasteiger partial charge in [-0.3, -0.25) is 0 Å². The van der Waals surface area contributed by atoms with E-state index in [1.54, 1.807) is 11.1 Å². The lowest BCUT2D eigenvalue weighted by Gasteiger charge is -2.32. The first-order valence-corrected chi connectivity index (χ1v) is 8.65. The highest BCUT2D eigenvalue weighted by Crippen LogP contribution is 2.29. The third-order valence-corrected chi connectivity index (χ3v) is 4.73. The average Bonchev–Trinajstić information content (AvgIpc) is 2.50. The fourth-order valence-electron chi connectivity index (χ4n) is 3.52. The molecule has 0 radical (unpaired) electrons. The molecule has 0 amide bonds. The molecule has 0 fully saturated rings. The minimum atomic E-state index is 0.731. The standard InChI is InChI=1S/C19H31N/c1-3-5-6-11-19(20-14-4-2)18-13-12-16-9-7-8-10-17(16)15-18/h7-10,18-20H,3-6,11-15H2,1-2H3. The van der Waals surface area contributed by atoms with Gasteiger partial charge < -0.3 is 5.32 Å². The number of nitrogens with one attached hydrogen (secondary N) is 1. The first-order chi connectivity index (χ1) is 9.85. The predicted molar refractivity (Wildman–Crippen MR) is 88.2 cm³/mol. The number of benzene rings is 1. The van der Waals surface area contributed by atoms with Crippen LogP contribution >= 0.6 is 0 Å². The van der Waals surface area contributed by atoms with E-state index in [2.05, 4.69) is 43.4 Å². The van der Waals surface area contributed by atoms with Crippen LogP contribution in [0.5, 0.6) is 0 Å². The molecule has 1 nitrogen and oxygen atoms in total. The van der Waals surface area contributed by atoms with E-state index in [1.807, 2.05) is 0 Å². The molecule has 1 aromatic carbocycles. The minimum absolute atomic E-state index is 0.731. The van der Waals surface area contributed by atoms with Gasteiger partial charge in [-0.1, -0.05) is 57.4 Å². The summed E-state index contributed by atoms with van der Waals surface area (Å²) in [6.07, 6.45) is 10.6. The molecule has 112 valence electrons. The molecule has 0 bridgehead atoms. The van der Waals surface area contributed by atoms with Gasteiger partial charge in [-0.05, 0) is 55.7 Å². The summed E-state index contributed by atoms with van der Waals surface area (Å²) in [7, 11) is 0. The number of fused-ring (bicyclic) bond motifs is 1. The fraction of sp³-hybridized carbons (Fsp3) is 0.684. The molecule has 1 aliphatic carbocycles. The molecule has 1 heteroatoms. The lowest BCUT2D eigenvalue weighted by Crippen LogP contribution is -2.39. The summed E-state index contributed by atoms with van der Waals surface area (Å²) < 4.78 is 0. The molecule has 2 rings (SSSR count). The summed E-state index contributed by atoms with van der Waals surface area (Å²) in [5, 5.41) is 3.83. The summed E-state index contributed by atoms with van der Waals surface area (Å²) >= 11 is 0. The molecule has 2 unspecified atom stereocenters. The van der Waals surface area contributed by atoms with Crippen molar-refractivity contribution in [1.82, 2.24) is 5.32 Å². The van der Waals surface area contributed by atoms with Crippen LogP contribution < -0.4 is 5.32 Å². The highest BCUT2D eigenvalue weighted by Gasteiger charge is 2.25. The molecular formula is C19H31N. The predicted octanol–water partition coefficient (Wildman–Crippen LogP) is 4.74. The number of hydrogen-bond donors (Lipinski definition) is 1. The van der Waals surface area contributed by atoms with Crippen molar-refractivity contribution in [2.45, 2.75) is 71.3 Å². The molecule has 0 aromatic heterocycles. The van der Waals surface area contributed by atoms with Crippen molar-refractivity contribution < 1.29 is 0 Å². The van der Waals surface area contributed by atoms with Crippen LogP contribution in [0.2, 0.25) is 0 Å². The largest absolute Gasteiger partial charge is 0.314 e. The van der Waals surface area contributed by atoms with E-state index in [0.717, 1.165) is 12.0 Å². The van der Waals surface area contributed by atoms with Gasteiger partial charge in [0.05, 0.1) is 0 Å². The van der Waals surface area contributed by atoms with Crippen molar-refractivity contribution in [3.8, 4) is 0 Å². The van der Waals surface area contributed by atoms with Crippen molar-refractivity contribution in [3.05, 3.63) is 35.4 Å². The SMILES string of the molecule is CCCCCC(NCCC)C1CCc2ccccc2C1. The topological polar surface area (TPSA) is 12.0 Å². The van der Waals surface area contributed by atoms with E-state index in [4.69, 9.17) is 0 Å². The summed E-state index contributed by atoms with van der Waals surface area (Å²) in [4.78, 5) is 0. The van der Waals surface area contributed by atoms with Crippen molar-refractivity contribution in [3.63, 3.8) is 0 Å². The third-order valence-electron chi connectivity index (χ3n) is 4.73. The van der Waals surface area contributed by atoms with Crippen LogP contribution in [0.25, 0.3) is 0 Å². The quantitative estimate of drug-likeness (QED) is 0.675. The van der Waals surface area contributed by atoms with Gasteiger partial charge in [0.1, 0.15) is 0 Å². The second-order valence-corrected chi connectivity index (χ2v) is 6.33. The summed E-state index contributed by atoms with van der Waals surface area (Å²) in [5.41, 5.74) is 3.19. The Balaban J connectivity index is 1.95. The number of aryl methyl sites for hydroxylation is 1. The Morgan fingerprint density at radius 1 is 1.10 bits per heavy atom. The third kappa shape index (κ3) is 4.34. The lowest BCUT2D eigenvalue weighted by atomic mass is 9.78. The Morgan fingerprint density at radius 3 is 2.65 bits per heavy atom.